The molecule has 13 heavy (non-hydrogen) atoms. The van der Waals surface area contributed by atoms with Crippen molar-refractivity contribution in [2.75, 3.05) is 5.33 Å². The fraction of sp³-hybridized carbons (Fsp3) is 0.667. The molecule has 0 aromatic carbocycles. The van der Waals surface area contributed by atoms with Crippen LogP contribution < -0.4 is 0 Å². The molecule has 1 aromatic heterocycles. The molecule has 0 unspecified atom stereocenters. The van der Waals surface area contributed by atoms with E-state index in [1.807, 2.05) is 17.1 Å². The number of halogens is 2. The minimum atomic E-state index is 0.478. The second-order valence-corrected chi connectivity index (χ2v) is 5.32. The first-order valence-electron chi connectivity index (χ1n) is 4.48. The summed E-state index contributed by atoms with van der Waals surface area (Å²) in [6, 6.07) is 0. The van der Waals surface area contributed by atoms with Crippen molar-refractivity contribution >= 4 is 31.9 Å². The van der Waals surface area contributed by atoms with Gasteiger partial charge in [0.15, 0.2) is 0 Å². The van der Waals surface area contributed by atoms with E-state index in [4.69, 9.17) is 0 Å². The number of alkyl halides is 1. The normalized spacial score (nSPS) is 19.8. The fourth-order valence-corrected chi connectivity index (χ4v) is 2.85. The molecule has 0 bridgehead atoms. The fourth-order valence-electron chi connectivity index (χ4n) is 1.78. The van der Waals surface area contributed by atoms with Gasteiger partial charge in [-0.25, -0.2) is 0 Å². The van der Waals surface area contributed by atoms with E-state index in [1.54, 1.807) is 0 Å². The minimum Gasteiger partial charge on any atom is -0.271 e. The van der Waals surface area contributed by atoms with Crippen LogP contribution in [0.2, 0.25) is 0 Å². The van der Waals surface area contributed by atoms with Gasteiger partial charge in [0.05, 0.1) is 10.7 Å². The molecule has 0 spiro atoms. The molecule has 1 aromatic rings. The lowest BCUT2D eigenvalue weighted by molar-refractivity contribution is 0.134. The van der Waals surface area contributed by atoms with Gasteiger partial charge in [0.25, 0.3) is 0 Å². The van der Waals surface area contributed by atoms with E-state index in [1.165, 1.54) is 19.3 Å². The number of nitrogens with zero attached hydrogens (tertiary/aromatic N) is 2. The quantitative estimate of drug-likeness (QED) is 0.784. The van der Waals surface area contributed by atoms with Gasteiger partial charge in [-0.2, -0.15) is 5.10 Å². The van der Waals surface area contributed by atoms with Crippen LogP contribution in [0.4, 0.5) is 0 Å². The highest BCUT2D eigenvalue weighted by Gasteiger charge is 2.36. The minimum absolute atomic E-state index is 0.478. The summed E-state index contributed by atoms with van der Waals surface area (Å²) in [6.07, 6.45) is 7.92. The van der Waals surface area contributed by atoms with Gasteiger partial charge in [-0.05, 0) is 34.2 Å². The molecule has 72 valence electrons. The van der Waals surface area contributed by atoms with E-state index >= 15 is 0 Å². The Hall–Kier alpha value is 0.170. The zero-order chi connectivity index (χ0) is 9.31. The molecule has 0 saturated heterocycles. The van der Waals surface area contributed by atoms with Crippen molar-refractivity contribution in [3.63, 3.8) is 0 Å². The zero-order valence-electron chi connectivity index (χ0n) is 7.34. The summed E-state index contributed by atoms with van der Waals surface area (Å²) in [5.74, 6) is 0. The molecule has 2 rings (SSSR count). The second kappa shape index (κ2) is 3.73. The van der Waals surface area contributed by atoms with Crippen LogP contribution in [0, 0.1) is 5.41 Å². The van der Waals surface area contributed by atoms with Crippen LogP contribution in [0.3, 0.4) is 0 Å². The van der Waals surface area contributed by atoms with E-state index in [0.29, 0.717) is 5.41 Å². The molecule has 0 N–H and O–H groups in total. The molecule has 4 heteroatoms. The highest BCUT2D eigenvalue weighted by atomic mass is 79.9. The molecule has 1 aliphatic carbocycles. The zero-order valence-corrected chi connectivity index (χ0v) is 10.5. The first-order chi connectivity index (χ1) is 6.24. The highest BCUT2D eigenvalue weighted by molar-refractivity contribution is 9.10. The Morgan fingerprint density at radius 1 is 1.54 bits per heavy atom. The van der Waals surface area contributed by atoms with Crippen molar-refractivity contribution < 1.29 is 0 Å². The molecular weight excluding hydrogens is 296 g/mol. The number of rotatable bonds is 3. The largest absolute Gasteiger partial charge is 0.271 e. The summed E-state index contributed by atoms with van der Waals surface area (Å²) in [6.45, 7) is 1.05. The summed E-state index contributed by atoms with van der Waals surface area (Å²) < 4.78 is 3.10. The van der Waals surface area contributed by atoms with E-state index in [2.05, 4.69) is 37.0 Å². The van der Waals surface area contributed by atoms with Crippen molar-refractivity contribution in [3.8, 4) is 0 Å². The highest BCUT2D eigenvalue weighted by Crippen LogP contribution is 2.43. The smallest absolute Gasteiger partial charge is 0.0632 e. The standard InChI is InChI=1S/C9H12Br2N2/c10-6-9(2-1-3-9)7-13-5-8(11)4-12-13/h4-5H,1-3,6-7H2. The van der Waals surface area contributed by atoms with Crippen LogP contribution in [0.25, 0.3) is 0 Å². The van der Waals surface area contributed by atoms with Gasteiger partial charge in [-0.1, -0.05) is 22.4 Å². The van der Waals surface area contributed by atoms with Gasteiger partial charge in [0, 0.05) is 18.1 Å². The molecule has 0 aliphatic heterocycles. The predicted molar refractivity (Wildman–Crippen MR) is 60.0 cm³/mol. The molecule has 0 atom stereocenters. The van der Waals surface area contributed by atoms with Crippen molar-refractivity contribution in [1.29, 1.82) is 0 Å². The van der Waals surface area contributed by atoms with Crippen molar-refractivity contribution in [1.82, 2.24) is 9.78 Å². The number of aromatic nitrogens is 2. The van der Waals surface area contributed by atoms with Crippen molar-refractivity contribution in [2.24, 2.45) is 5.41 Å². The van der Waals surface area contributed by atoms with Gasteiger partial charge in [-0.15, -0.1) is 0 Å². The van der Waals surface area contributed by atoms with Gasteiger partial charge in [0.1, 0.15) is 0 Å². The third-order valence-electron chi connectivity index (χ3n) is 2.80. The maximum atomic E-state index is 4.28. The van der Waals surface area contributed by atoms with E-state index in [0.717, 1.165) is 16.3 Å². The Kier molecular flexibility index (Phi) is 2.79. The molecule has 0 amide bonds. The summed E-state index contributed by atoms with van der Waals surface area (Å²) in [5.41, 5.74) is 0.478. The summed E-state index contributed by atoms with van der Waals surface area (Å²) in [7, 11) is 0. The van der Waals surface area contributed by atoms with E-state index < -0.39 is 0 Å². The summed E-state index contributed by atoms with van der Waals surface area (Å²) in [4.78, 5) is 0. The molecule has 2 nitrogen and oxygen atoms in total. The molecule has 0 radical (unpaired) electrons. The SMILES string of the molecule is BrCC1(Cn2cc(Br)cn2)CCC1. The molecule has 1 fully saturated rings. The Morgan fingerprint density at radius 3 is 2.69 bits per heavy atom. The Balaban J connectivity index is 2.04. The van der Waals surface area contributed by atoms with E-state index in [-0.39, 0.29) is 0 Å². The topological polar surface area (TPSA) is 17.8 Å². The lowest BCUT2D eigenvalue weighted by Gasteiger charge is -2.40. The second-order valence-electron chi connectivity index (χ2n) is 3.84. The summed E-state index contributed by atoms with van der Waals surface area (Å²) in [5, 5.41) is 5.37. The predicted octanol–water partition coefficient (Wildman–Crippen LogP) is 3.21. The van der Waals surface area contributed by atoms with Gasteiger partial charge in [0.2, 0.25) is 0 Å². The van der Waals surface area contributed by atoms with Crippen LogP contribution in [0.15, 0.2) is 16.9 Å². The van der Waals surface area contributed by atoms with E-state index in [9.17, 15) is 0 Å². The first kappa shape index (κ1) is 9.71. The third-order valence-corrected chi connectivity index (χ3v) is 4.40. The van der Waals surface area contributed by atoms with Crippen molar-refractivity contribution in [3.05, 3.63) is 16.9 Å². The molecule has 1 heterocycles. The Morgan fingerprint density at radius 2 is 2.31 bits per heavy atom. The number of hydrogen-bond donors (Lipinski definition) is 0. The van der Waals surface area contributed by atoms with Crippen LogP contribution in [-0.4, -0.2) is 15.1 Å². The maximum absolute atomic E-state index is 4.28. The Labute approximate surface area is 95.0 Å². The third kappa shape index (κ3) is 1.99. The van der Waals surface area contributed by atoms with Gasteiger partial charge in [-0.3, -0.25) is 4.68 Å². The monoisotopic (exact) mass is 306 g/mol. The lowest BCUT2D eigenvalue weighted by atomic mass is 9.70. The van der Waals surface area contributed by atoms with Gasteiger partial charge < -0.3 is 0 Å². The lowest BCUT2D eigenvalue weighted by Crippen LogP contribution is -2.35. The van der Waals surface area contributed by atoms with Gasteiger partial charge >= 0.3 is 0 Å². The Bertz CT molecular complexity index is 286. The van der Waals surface area contributed by atoms with Crippen molar-refractivity contribution in [2.45, 2.75) is 25.8 Å². The van der Waals surface area contributed by atoms with Crippen LogP contribution in [0.5, 0.6) is 0 Å². The summed E-state index contributed by atoms with van der Waals surface area (Å²) >= 11 is 7.00. The average molecular weight is 308 g/mol. The average Bonchev–Trinajstić information content (AvgIpc) is 2.44. The van der Waals surface area contributed by atoms with Crippen LogP contribution >= 0.6 is 31.9 Å². The molecular formula is C9H12Br2N2. The number of hydrogen-bond acceptors (Lipinski definition) is 1. The van der Waals surface area contributed by atoms with Crippen LogP contribution in [-0.2, 0) is 6.54 Å². The molecule has 1 saturated carbocycles. The molecule has 1 aliphatic rings. The maximum Gasteiger partial charge on any atom is 0.0632 e. The first-order valence-corrected chi connectivity index (χ1v) is 6.39. The van der Waals surface area contributed by atoms with Crippen LogP contribution in [0.1, 0.15) is 19.3 Å².